The summed E-state index contributed by atoms with van der Waals surface area (Å²) in [6.07, 6.45) is 0.163. The van der Waals surface area contributed by atoms with Gasteiger partial charge in [-0.1, -0.05) is 33.6 Å². The minimum Gasteiger partial charge on any atom is -0.461 e. The van der Waals surface area contributed by atoms with Crippen molar-refractivity contribution in [3.63, 3.8) is 0 Å². The van der Waals surface area contributed by atoms with E-state index in [0.717, 1.165) is 15.6 Å². The Morgan fingerprint density at radius 3 is 2.37 bits per heavy atom. The molecule has 0 bridgehead atoms. The lowest BCUT2D eigenvalue weighted by Crippen LogP contribution is -2.47. The van der Waals surface area contributed by atoms with Crippen molar-refractivity contribution in [1.29, 1.82) is 0 Å². The zero-order chi connectivity index (χ0) is 14.6. The van der Waals surface area contributed by atoms with Crippen LogP contribution in [0.15, 0.2) is 40.9 Å². The summed E-state index contributed by atoms with van der Waals surface area (Å²) in [7, 11) is 0. The maximum atomic E-state index is 12.3. The Balaban J connectivity index is 3.15. The van der Waals surface area contributed by atoms with Crippen molar-refractivity contribution in [2.45, 2.75) is 38.8 Å². The van der Waals surface area contributed by atoms with E-state index in [0.29, 0.717) is 6.42 Å². The first kappa shape index (κ1) is 15.9. The van der Waals surface area contributed by atoms with Crippen LogP contribution in [0.4, 0.5) is 0 Å². The number of carbonyl (C=O) groups is 1. The second-order valence-electron chi connectivity index (χ2n) is 5.07. The minimum atomic E-state index is -1.18. The van der Waals surface area contributed by atoms with Gasteiger partial charge in [-0.25, -0.2) is 4.79 Å². The van der Waals surface area contributed by atoms with E-state index in [1.807, 2.05) is 31.2 Å². The number of rotatable bonds is 5. The average Bonchev–Trinajstić information content (AvgIpc) is 2.27. The lowest BCUT2D eigenvalue weighted by atomic mass is 9.85. The van der Waals surface area contributed by atoms with Crippen LogP contribution < -0.4 is 5.73 Å². The maximum absolute atomic E-state index is 12.3. The van der Waals surface area contributed by atoms with Crippen molar-refractivity contribution in [2.75, 3.05) is 0 Å². The molecule has 19 heavy (non-hydrogen) atoms. The Labute approximate surface area is 123 Å². The quantitative estimate of drug-likeness (QED) is 0.665. The first-order chi connectivity index (χ1) is 8.75. The van der Waals surface area contributed by atoms with E-state index in [1.165, 1.54) is 0 Å². The van der Waals surface area contributed by atoms with Gasteiger partial charge >= 0.3 is 5.97 Å². The summed E-state index contributed by atoms with van der Waals surface area (Å²) >= 11 is 3.37. The predicted octanol–water partition coefficient (Wildman–Crippen LogP) is 3.52. The molecule has 1 rings (SSSR count). The normalized spacial score (nSPS) is 14.0. The van der Waals surface area contributed by atoms with Crippen LogP contribution in [-0.2, 0) is 15.1 Å². The SMILES string of the molecule is C=C(C)C[C@](N)(C(=O)OC(C)C)c1ccc(Br)cc1. The van der Waals surface area contributed by atoms with Crippen LogP contribution in [0.2, 0.25) is 0 Å². The molecule has 4 heteroatoms. The van der Waals surface area contributed by atoms with Crippen LogP contribution in [0.3, 0.4) is 0 Å². The summed E-state index contributed by atoms with van der Waals surface area (Å²) in [5, 5.41) is 0. The van der Waals surface area contributed by atoms with Gasteiger partial charge in [0, 0.05) is 10.9 Å². The largest absolute Gasteiger partial charge is 0.461 e. The van der Waals surface area contributed by atoms with Crippen LogP contribution in [0, 0.1) is 0 Å². The monoisotopic (exact) mass is 325 g/mol. The molecule has 104 valence electrons. The summed E-state index contributed by atoms with van der Waals surface area (Å²) in [6.45, 7) is 9.31. The molecular formula is C15H20BrNO2. The van der Waals surface area contributed by atoms with Gasteiger partial charge in [-0.2, -0.15) is 0 Å². The van der Waals surface area contributed by atoms with E-state index in [4.69, 9.17) is 10.5 Å². The molecule has 0 saturated carbocycles. The third-order valence-electron chi connectivity index (χ3n) is 2.65. The van der Waals surface area contributed by atoms with Gasteiger partial charge in [-0.05, 0) is 38.5 Å². The number of benzene rings is 1. The highest BCUT2D eigenvalue weighted by Crippen LogP contribution is 2.28. The number of carbonyl (C=O) groups excluding carboxylic acids is 1. The van der Waals surface area contributed by atoms with Crippen molar-refractivity contribution in [2.24, 2.45) is 5.73 Å². The topological polar surface area (TPSA) is 52.3 Å². The summed E-state index contributed by atoms with van der Waals surface area (Å²) in [6, 6.07) is 7.37. The number of halogens is 1. The average molecular weight is 326 g/mol. The Bertz CT molecular complexity index is 468. The molecule has 2 N–H and O–H groups in total. The van der Waals surface area contributed by atoms with Crippen LogP contribution in [0.25, 0.3) is 0 Å². The van der Waals surface area contributed by atoms with E-state index >= 15 is 0 Å². The fourth-order valence-electron chi connectivity index (χ4n) is 1.83. The third kappa shape index (κ3) is 4.18. The smallest absolute Gasteiger partial charge is 0.331 e. The van der Waals surface area contributed by atoms with Crippen molar-refractivity contribution >= 4 is 21.9 Å². The van der Waals surface area contributed by atoms with Crippen molar-refractivity contribution in [3.05, 3.63) is 46.5 Å². The highest BCUT2D eigenvalue weighted by Gasteiger charge is 2.38. The van der Waals surface area contributed by atoms with E-state index in [2.05, 4.69) is 22.5 Å². The Morgan fingerprint density at radius 2 is 1.95 bits per heavy atom. The lowest BCUT2D eigenvalue weighted by Gasteiger charge is -2.29. The number of hydrogen-bond acceptors (Lipinski definition) is 3. The van der Waals surface area contributed by atoms with E-state index in [9.17, 15) is 4.79 Å². The lowest BCUT2D eigenvalue weighted by molar-refractivity contribution is -0.154. The van der Waals surface area contributed by atoms with Crippen LogP contribution >= 0.6 is 15.9 Å². The second kappa shape index (κ2) is 6.35. The number of nitrogens with two attached hydrogens (primary N) is 1. The van der Waals surface area contributed by atoms with Gasteiger partial charge in [0.05, 0.1) is 6.10 Å². The minimum absolute atomic E-state index is 0.198. The maximum Gasteiger partial charge on any atom is 0.331 e. The van der Waals surface area contributed by atoms with Gasteiger partial charge in [0.1, 0.15) is 5.54 Å². The fraction of sp³-hybridized carbons (Fsp3) is 0.400. The molecular weight excluding hydrogens is 306 g/mol. The third-order valence-corrected chi connectivity index (χ3v) is 3.18. The van der Waals surface area contributed by atoms with Gasteiger partial charge in [-0.15, -0.1) is 6.58 Å². The van der Waals surface area contributed by atoms with E-state index in [-0.39, 0.29) is 6.10 Å². The molecule has 1 aromatic carbocycles. The molecule has 0 unspecified atom stereocenters. The van der Waals surface area contributed by atoms with Crippen LogP contribution in [-0.4, -0.2) is 12.1 Å². The van der Waals surface area contributed by atoms with Gasteiger partial charge in [0.15, 0.2) is 0 Å². The van der Waals surface area contributed by atoms with Gasteiger partial charge in [0.25, 0.3) is 0 Å². The number of esters is 1. The number of hydrogen-bond donors (Lipinski definition) is 1. The van der Waals surface area contributed by atoms with Gasteiger partial charge in [0.2, 0.25) is 0 Å². The molecule has 0 heterocycles. The first-order valence-electron chi connectivity index (χ1n) is 6.16. The molecule has 0 amide bonds. The zero-order valence-electron chi connectivity index (χ0n) is 11.6. The molecule has 3 nitrogen and oxygen atoms in total. The zero-order valence-corrected chi connectivity index (χ0v) is 13.2. The molecule has 0 aliphatic rings. The molecule has 0 aliphatic carbocycles. The predicted molar refractivity (Wildman–Crippen MR) is 80.7 cm³/mol. The van der Waals surface area contributed by atoms with Crippen molar-refractivity contribution in [1.82, 2.24) is 0 Å². The molecule has 1 atom stereocenters. The Hall–Kier alpha value is -1.13. The summed E-state index contributed by atoms with van der Waals surface area (Å²) in [5.74, 6) is -0.423. The molecule has 0 radical (unpaired) electrons. The second-order valence-corrected chi connectivity index (χ2v) is 5.98. The summed E-state index contributed by atoms with van der Waals surface area (Å²) in [4.78, 5) is 12.3. The van der Waals surface area contributed by atoms with Crippen molar-refractivity contribution in [3.8, 4) is 0 Å². The Morgan fingerprint density at radius 1 is 1.42 bits per heavy atom. The van der Waals surface area contributed by atoms with Gasteiger partial charge in [-0.3, -0.25) is 0 Å². The number of ether oxygens (including phenoxy) is 1. The standard InChI is InChI=1S/C15H20BrNO2/c1-10(2)9-15(17,14(18)19-11(3)4)12-5-7-13(16)8-6-12/h5-8,11H,1,9,17H2,2-4H3/t15-/m1/s1. The van der Waals surface area contributed by atoms with E-state index in [1.54, 1.807) is 13.8 Å². The highest BCUT2D eigenvalue weighted by atomic mass is 79.9. The fourth-order valence-corrected chi connectivity index (χ4v) is 2.10. The molecule has 0 aromatic heterocycles. The van der Waals surface area contributed by atoms with Crippen LogP contribution in [0.5, 0.6) is 0 Å². The van der Waals surface area contributed by atoms with Crippen molar-refractivity contribution < 1.29 is 9.53 Å². The molecule has 0 aliphatic heterocycles. The molecule has 0 spiro atoms. The molecule has 0 fully saturated rings. The summed E-state index contributed by atoms with van der Waals surface area (Å²) in [5.41, 5.74) is 6.69. The molecule has 1 aromatic rings. The van der Waals surface area contributed by atoms with Crippen LogP contribution in [0.1, 0.15) is 32.8 Å². The molecule has 0 saturated heterocycles. The highest BCUT2D eigenvalue weighted by molar-refractivity contribution is 9.10. The Kier molecular flexibility index (Phi) is 5.32. The summed E-state index contributed by atoms with van der Waals surface area (Å²) < 4.78 is 6.22. The van der Waals surface area contributed by atoms with E-state index < -0.39 is 11.5 Å². The van der Waals surface area contributed by atoms with Gasteiger partial charge < -0.3 is 10.5 Å². The first-order valence-corrected chi connectivity index (χ1v) is 6.95.